The maximum atomic E-state index is 13.6. The minimum Gasteiger partial charge on any atom is -0.497 e. The van der Waals surface area contributed by atoms with Crippen molar-refractivity contribution in [1.82, 2.24) is 9.55 Å². The first-order valence-electron chi connectivity index (χ1n) is 11.8. The van der Waals surface area contributed by atoms with Gasteiger partial charge < -0.3 is 15.2 Å². The Hall–Kier alpha value is -5.05. The van der Waals surface area contributed by atoms with Gasteiger partial charge in [-0.15, -0.1) is 0 Å². The second-order valence-corrected chi connectivity index (χ2v) is 8.42. The fraction of sp³-hybridized carbons (Fsp3) is 0.138. The number of anilines is 2. The lowest BCUT2D eigenvalue weighted by molar-refractivity contribution is -0.114. The summed E-state index contributed by atoms with van der Waals surface area (Å²) >= 11 is 0. The molecule has 38 heavy (non-hydrogen) atoms. The van der Waals surface area contributed by atoms with Crippen molar-refractivity contribution >= 4 is 23.5 Å². The SMILES string of the molecule is COc1ccc(/C=C\C(=O)N(Cc2ccccc2)c2c(N)n(Cc3ccccc3)c(=O)[nH]c2=O)c(OC)c1. The molecular weight excluding hydrogens is 484 g/mol. The summed E-state index contributed by atoms with van der Waals surface area (Å²) < 4.78 is 11.9. The fourth-order valence-electron chi connectivity index (χ4n) is 4.00. The molecule has 0 saturated carbocycles. The average Bonchev–Trinajstić information content (AvgIpc) is 2.94. The van der Waals surface area contributed by atoms with Gasteiger partial charge in [-0.2, -0.15) is 0 Å². The molecule has 3 N–H and O–H groups in total. The molecule has 1 heterocycles. The number of hydrogen-bond donors (Lipinski definition) is 2. The first kappa shape index (κ1) is 26.0. The highest BCUT2D eigenvalue weighted by Crippen LogP contribution is 2.26. The van der Waals surface area contributed by atoms with Crippen molar-refractivity contribution in [1.29, 1.82) is 0 Å². The van der Waals surface area contributed by atoms with Gasteiger partial charge in [-0.1, -0.05) is 60.7 Å². The Labute approximate surface area is 219 Å². The van der Waals surface area contributed by atoms with E-state index in [0.717, 1.165) is 11.1 Å². The molecule has 0 bridgehead atoms. The number of aromatic amines is 1. The molecule has 0 aliphatic rings. The van der Waals surface area contributed by atoms with Crippen LogP contribution in [0.1, 0.15) is 16.7 Å². The molecule has 0 spiro atoms. The Balaban J connectivity index is 1.77. The number of nitrogen functional groups attached to an aromatic ring is 1. The summed E-state index contributed by atoms with van der Waals surface area (Å²) in [5.74, 6) is 0.504. The van der Waals surface area contributed by atoms with Crippen molar-refractivity contribution in [2.75, 3.05) is 24.9 Å². The summed E-state index contributed by atoms with van der Waals surface area (Å²) in [5, 5.41) is 0. The summed E-state index contributed by atoms with van der Waals surface area (Å²) in [6, 6.07) is 23.6. The first-order chi connectivity index (χ1) is 18.4. The molecule has 0 unspecified atom stereocenters. The zero-order valence-corrected chi connectivity index (χ0v) is 21.1. The number of nitrogens with two attached hydrogens (primary N) is 1. The molecule has 1 amide bonds. The van der Waals surface area contributed by atoms with Gasteiger partial charge >= 0.3 is 5.69 Å². The number of benzene rings is 3. The minimum atomic E-state index is -0.753. The van der Waals surface area contributed by atoms with E-state index < -0.39 is 17.2 Å². The number of carbonyl (C=O) groups is 1. The van der Waals surface area contributed by atoms with Crippen LogP contribution in [0.25, 0.3) is 6.08 Å². The number of nitrogens with one attached hydrogen (secondary N) is 1. The zero-order chi connectivity index (χ0) is 27.1. The third-order valence-corrected chi connectivity index (χ3v) is 5.96. The van der Waals surface area contributed by atoms with E-state index in [1.165, 1.54) is 22.7 Å². The van der Waals surface area contributed by atoms with E-state index in [9.17, 15) is 14.4 Å². The molecule has 194 valence electrons. The largest absolute Gasteiger partial charge is 0.497 e. The number of aromatic nitrogens is 2. The van der Waals surface area contributed by atoms with Gasteiger partial charge in [0.2, 0.25) is 0 Å². The lowest BCUT2D eigenvalue weighted by atomic mass is 10.1. The Morgan fingerprint density at radius 1 is 0.947 bits per heavy atom. The van der Waals surface area contributed by atoms with Crippen molar-refractivity contribution in [3.8, 4) is 11.5 Å². The highest BCUT2D eigenvalue weighted by molar-refractivity contribution is 6.05. The third kappa shape index (κ3) is 5.84. The molecule has 0 fully saturated rings. The molecule has 1 aromatic heterocycles. The number of amides is 1. The lowest BCUT2D eigenvalue weighted by Crippen LogP contribution is -2.40. The normalized spacial score (nSPS) is 10.9. The highest BCUT2D eigenvalue weighted by atomic mass is 16.5. The van der Waals surface area contributed by atoms with Crippen molar-refractivity contribution < 1.29 is 14.3 Å². The van der Waals surface area contributed by atoms with E-state index in [1.54, 1.807) is 31.4 Å². The first-order valence-corrected chi connectivity index (χ1v) is 11.8. The maximum absolute atomic E-state index is 13.6. The van der Waals surface area contributed by atoms with E-state index >= 15 is 0 Å². The predicted molar refractivity (Wildman–Crippen MR) is 147 cm³/mol. The second kappa shape index (κ2) is 11.8. The van der Waals surface area contributed by atoms with Gasteiger partial charge in [0.15, 0.2) is 5.69 Å². The smallest absolute Gasteiger partial charge is 0.330 e. The van der Waals surface area contributed by atoms with Gasteiger partial charge in [-0.05, 0) is 29.3 Å². The van der Waals surface area contributed by atoms with Gasteiger partial charge in [0.05, 0.1) is 27.3 Å². The Bertz CT molecular complexity index is 1560. The predicted octanol–water partition coefficient (Wildman–Crippen LogP) is 3.43. The molecule has 0 radical (unpaired) electrons. The zero-order valence-electron chi connectivity index (χ0n) is 21.1. The Morgan fingerprint density at radius 3 is 2.24 bits per heavy atom. The molecule has 0 aliphatic heterocycles. The fourth-order valence-corrected chi connectivity index (χ4v) is 4.00. The van der Waals surface area contributed by atoms with Crippen LogP contribution in [0.15, 0.2) is 94.5 Å². The topological polar surface area (TPSA) is 120 Å². The van der Waals surface area contributed by atoms with Crippen molar-refractivity contribution in [3.05, 3.63) is 122 Å². The van der Waals surface area contributed by atoms with E-state index in [1.807, 2.05) is 60.7 Å². The number of hydrogen-bond acceptors (Lipinski definition) is 6. The van der Waals surface area contributed by atoms with Gasteiger partial charge in [-0.3, -0.25) is 24.0 Å². The lowest BCUT2D eigenvalue weighted by Gasteiger charge is -2.23. The molecule has 0 aliphatic carbocycles. The van der Waals surface area contributed by atoms with Crippen LogP contribution in [0.4, 0.5) is 11.5 Å². The van der Waals surface area contributed by atoms with Crippen molar-refractivity contribution in [3.63, 3.8) is 0 Å². The van der Waals surface area contributed by atoms with Crippen LogP contribution in [0.2, 0.25) is 0 Å². The monoisotopic (exact) mass is 512 g/mol. The molecule has 0 atom stereocenters. The van der Waals surface area contributed by atoms with Crippen LogP contribution in [0, 0.1) is 0 Å². The van der Waals surface area contributed by atoms with Crippen molar-refractivity contribution in [2.24, 2.45) is 0 Å². The maximum Gasteiger partial charge on any atom is 0.330 e. The molecule has 9 heteroatoms. The van der Waals surface area contributed by atoms with Crippen LogP contribution in [-0.4, -0.2) is 29.7 Å². The number of H-pyrrole nitrogens is 1. The van der Waals surface area contributed by atoms with Crippen LogP contribution in [0.5, 0.6) is 11.5 Å². The van der Waals surface area contributed by atoms with E-state index in [-0.39, 0.29) is 24.6 Å². The van der Waals surface area contributed by atoms with Crippen LogP contribution in [0.3, 0.4) is 0 Å². The Kier molecular flexibility index (Phi) is 8.07. The molecular formula is C29H28N4O5. The highest BCUT2D eigenvalue weighted by Gasteiger charge is 2.23. The van der Waals surface area contributed by atoms with E-state index in [2.05, 4.69) is 4.98 Å². The number of methoxy groups -OCH3 is 2. The van der Waals surface area contributed by atoms with Crippen molar-refractivity contribution in [2.45, 2.75) is 13.1 Å². The number of rotatable bonds is 9. The van der Waals surface area contributed by atoms with Gasteiger partial charge in [0, 0.05) is 17.7 Å². The number of ether oxygens (including phenoxy) is 2. The van der Waals surface area contributed by atoms with E-state index in [0.29, 0.717) is 17.1 Å². The van der Waals surface area contributed by atoms with Crippen LogP contribution < -0.4 is 31.4 Å². The third-order valence-electron chi connectivity index (χ3n) is 5.96. The quantitative estimate of drug-likeness (QED) is 0.332. The molecule has 9 nitrogen and oxygen atoms in total. The summed E-state index contributed by atoms with van der Waals surface area (Å²) in [6.07, 6.45) is 2.92. The number of nitrogens with zero attached hydrogens (tertiary/aromatic N) is 2. The van der Waals surface area contributed by atoms with E-state index in [4.69, 9.17) is 15.2 Å². The van der Waals surface area contributed by atoms with Crippen LogP contribution in [-0.2, 0) is 17.9 Å². The van der Waals surface area contributed by atoms with Gasteiger partial charge in [0.1, 0.15) is 17.3 Å². The number of carbonyl (C=O) groups excluding carboxylic acids is 1. The molecule has 3 aromatic carbocycles. The van der Waals surface area contributed by atoms with Gasteiger partial charge in [0.25, 0.3) is 11.5 Å². The minimum absolute atomic E-state index is 0.0561. The molecule has 0 saturated heterocycles. The second-order valence-electron chi connectivity index (χ2n) is 8.42. The molecule has 4 rings (SSSR count). The summed E-state index contributed by atoms with van der Waals surface area (Å²) in [7, 11) is 3.07. The van der Waals surface area contributed by atoms with Gasteiger partial charge in [-0.25, -0.2) is 4.79 Å². The summed E-state index contributed by atoms with van der Waals surface area (Å²) in [4.78, 5) is 42.9. The Morgan fingerprint density at radius 2 is 1.61 bits per heavy atom. The summed E-state index contributed by atoms with van der Waals surface area (Å²) in [5.41, 5.74) is 7.10. The standard InChI is InChI=1S/C29H28N4O5/c1-37-23-15-13-22(24(17-23)38-2)14-16-25(34)32(18-20-9-5-3-6-10-20)26-27(30)33(29(36)31-28(26)35)19-21-11-7-4-8-12-21/h3-17H,18-19,30H2,1-2H3,(H,31,35,36)/b16-14-. The average molecular weight is 513 g/mol. The van der Waals surface area contributed by atoms with Crippen LogP contribution >= 0.6 is 0 Å². The summed E-state index contributed by atoms with van der Waals surface area (Å²) in [6.45, 7) is 0.183. The molecule has 4 aromatic rings.